The zero-order chi connectivity index (χ0) is 14.2. The molecule has 2 aliphatic rings. The van der Waals surface area contributed by atoms with Crippen LogP contribution in [0.4, 0.5) is 0 Å². The summed E-state index contributed by atoms with van der Waals surface area (Å²) in [5.74, 6) is 1.12. The molecule has 2 fully saturated rings. The summed E-state index contributed by atoms with van der Waals surface area (Å²) in [6, 6.07) is 7.99. The van der Waals surface area contributed by atoms with Gasteiger partial charge in [-0.2, -0.15) is 0 Å². The summed E-state index contributed by atoms with van der Waals surface area (Å²) in [4.78, 5) is 14.7. The quantitative estimate of drug-likeness (QED) is 0.920. The second-order valence-electron chi connectivity index (χ2n) is 5.70. The number of rotatable bonds is 3. The summed E-state index contributed by atoms with van der Waals surface area (Å²) in [7, 11) is 1.66. The molecule has 1 aliphatic carbocycles. The number of nitrogens with one attached hydrogen (secondary N) is 1. The molecule has 1 N–H and O–H groups in total. The Kier molecular flexibility index (Phi) is 3.42. The number of carbonyl (C=O) groups excluding carboxylic acids is 1. The van der Waals surface area contributed by atoms with Crippen molar-refractivity contribution in [3.63, 3.8) is 0 Å². The molecule has 1 aromatic carbocycles. The van der Waals surface area contributed by atoms with Gasteiger partial charge in [-0.15, -0.1) is 0 Å². The van der Waals surface area contributed by atoms with Gasteiger partial charge in [0.15, 0.2) is 0 Å². The van der Waals surface area contributed by atoms with E-state index in [2.05, 4.69) is 5.32 Å². The van der Waals surface area contributed by atoms with Crippen molar-refractivity contribution in [2.45, 2.75) is 44.3 Å². The number of benzene rings is 1. The Morgan fingerprint density at radius 3 is 2.50 bits per heavy atom. The van der Waals surface area contributed by atoms with Crippen LogP contribution in [-0.2, 0) is 4.79 Å². The fraction of sp³-hybridized carbons (Fsp3) is 0.562. The van der Waals surface area contributed by atoms with E-state index in [1.54, 1.807) is 7.11 Å². The molecular formula is C16H22N2O2. The number of methoxy groups -OCH3 is 1. The minimum atomic E-state index is -0.305. The Bertz CT molecular complexity index is 492. The van der Waals surface area contributed by atoms with Crippen molar-refractivity contribution in [2.24, 2.45) is 0 Å². The van der Waals surface area contributed by atoms with E-state index < -0.39 is 0 Å². The van der Waals surface area contributed by atoms with Crippen LogP contribution in [0.25, 0.3) is 0 Å². The van der Waals surface area contributed by atoms with Crippen molar-refractivity contribution in [3.8, 4) is 5.75 Å². The van der Waals surface area contributed by atoms with Gasteiger partial charge >= 0.3 is 0 Å². The Balaban J connectivity index is 1.89. The van der Waals surface area contributed by atoms with E-state index in [9.17, 15) is 4.79 Å². The molecule has 1 aliphatic heterocycles. The van der Waals surface area contributed by atoms with Crippen molar-refractivity contribution in [3.05, 3.63) is 29.8 Å². The van der Waals surface area contributed by atoms with E-state index >= 15 is 0 Å². The molecule has 1 spiro atoms. The van der Waals surface area contributed by atoms with Gasteiger partial charge in [0.25, 0.3) is 0 Å². The Morgan fingerprint density at radius 2 is 1.95 bits per heavy atom. The summed E-state index contributed by atoms with van der Waals surface area (Å²) in [6.07, 6.45) is 4.22. The van der Waals surface area contributed by atoms with E-state index in [4.69, 9.17) is 4.74 Å². The van der Waals surface area contributed by atoms with Crippen LogP contribution in [0, 0.1) is 0 Å². The summed E-state index contributed by atoms with van der Waals surface area (Å²) in [6.45, 7) is 2.79. The average Bonchev–Trinajstić information content (AvgIpc) is 3.06. The van der Waals surface area contributed by atoms with Gasteiger partial charge in [0, 0.05) is 6.54 Å². The van der Waals surface area contributed by atoms with Gasteiger partial charge in [0.2, 0.25) is 5.91 Å². The van der Waals surface area contributed by atoms with Crippen molar-refractivity contribution >= 4 is 5.91 Å². The first-order valence-corrected chi connectivity index (χ1v) is 7.43. The summed E-state index contributed by atoms with van der Waals surface area (Å²) >= 11 is 0. The smallest absolute Gasteiger partial charge is 0.244 e. The van der Waals surface area contributed by atoms with Crippen molar-refractivity contribution in [2.75, 3.05) is 13.7 Å². The van der Waals surface area contributed by atoms with Crippen LogP contribution in [0.5, 0.6) is 5.75 Å². The number of ether oxygens (including phenoxy) is 1. The number of carbonyl (C=O) groups is 1. The molecule has 4 nitrogen and oxygen atoms in total. The van der Waals surface area contributed by atoms with Gasteiger partial charge < -0.3 is 9.64 Å². The van der Waals surface area contributed by atoms with Crippen LogP contribution in [0.3, 0.4) is 0 Å². The molecule has 4 heteroatoms. The van der Waals surface area contributed by atoms with E-state index in [1.807, 2.05) is 36.1 Å². The van der Waals surface area contributed by atoms with Gasteiger partial charge in [-0.1, -0.05) is 25.0 Å². The van der Waals surface area contributed by atoms with Crippen LogP contribution in [0.1, 0.15) is 44.3 Å². The molecule has 0 bridgehead atoms. The lowest BCUT2D eigenvalue weighted by molar-refractivity contribution is -0.133. The standard InChI is InChI=1S/C16H22N2O2/c1-3-18-14(12-6-8-13(20-2)9-7-12)17-16(15(18)19)10-4-5-11-16/h6-9,14,17H,3-5,10-11H2,1-2H3. The highest BCUT2D eigenvalue weighted by Gasteiger charge is 2.51. The molecule has 3 rings (SSSR count). The van der Waals surface area contributed by atoms with Gasteiger partial charge in [-0.05, 0) is 37.5 Å². The third kappa shape index (κ3) is 1.99. The van der Waals surface area contributed by atoms with Crippen LogP contribution in [-0.4, -0.2) is 30.0 Å². The molecule has 0 aromatic heterocycles. The molecule has 20 heavy (non-hydrogen) atoms. The van der Waals surface area contributed by atoms with Gasteiger partial charge in [-0.3, -0.25) is 10.1 Å². The first-order valence-electron chi connectivity index (χ1n) is 7.43. The molecule has 1 saturated heterocycles. The van der Waals surface area contributed by atoms with E-state index in [0.717, 1.165) is 43.5 Å². The SMILES string of the molecule is CCN1C(=O)C2(CCCC2)NC1c1ccc(OC)cc1. The lowest BCUT2D eigenvalue weighted by Crippen LogP contribution is -2.43. The van der Waals surface area contributed by atoms with Crippen molar-refractivity contribution < 1.29 is 9.53 Å². The first-order chi connectivity index (χ1) is 9.70. The van der Waals surface area contributed by atoms with Gasteiger partial charge in [0.05, 0.1) is 12.6 Å². The lowest BCUT2D eigenvalue weighted by Gasteiger charge is -2.23. The zero-order valence-corrected chi connectivity index (χ0v) is 12.2. The topological polar surface area (TPSA) is 41.6 Å². The number of hydrogen-bond donors (Lipinski definition) is 1. The predicted molar refractivity (Wildman–Crippen MR) is 77.5 cm³/mol. The number of hydrogen-bond acceptors (Lipinski definition) is 3. The number of amides is 1. The maximum atomic E-state index is 12.7. The summed E-state index contributed by atoms with van der Waals surface area (Å²) in [5.41, 5.74) is 0.824. The van der Waals surface area contributed by atoms with Gasteiger partial charge in [-0.25, -0.2) is 0 Å². The molecule has 1 unspecified atom stereocenters. The van der Waals surface area contributed by atoms with Gasteiger partial charge in [0.1, 0.15) is 11.9 Å². The van der Waals surface area contributed by atoms with E-state index in [-0.39, 0.29) is 17.6 Å². The highest BCUT2D eigenvalue weighted by Crippen LogP contribution is 2.40. The summed E-state index contributed by atoms with van der Waals surface area (Å²) < 4.78 is 5.20. The highest BCUT2D eigenvalue weighted by molar-refractivity contribution is 5.89. The maximum Gasteiger partial charge on any atom is 0.244 e. The highest BCUT2D eigenvalue weighted by atomic mass is 16.5. The minimum Gasteiger partial charge on any atom is -0.497 e. The monoisotopic (exact) mass is 274 g/mol. The second-order valence-corrected chi connectivity index (χ2v) is 5.70. The molecule has 1 atom stereocenters. The lowest BCUT2D eigenvalue weighted by atomic mass is 9.98. The molecule has 1 heterocycles. The molecule has 1 amide bonds. The molecule has 108 valence electrons. The fourth-order valence-corrected chi connectivity index (χ4v) is 3.51. The Morgan fingerprint density at radius 1 is 1.30 bits per heavy atom. The first kappa shape index (κ1) is 13.4. The number of nitrogens with zero attached hydrogens (tertiary/aromatic N) is 1. The zero-order valence-electron chi connectivity index (χ0n) is 12.2. The maximum absolute atomic E-state index is 12.7. The van der Waals surface area contributed by atoms with Crippen LogP contribution in [0.2, 0.25) is 0 Å². The van der Waals surface area contributed by atoms with Crippen LogP contribution in [0.15, 0.2) is 24.3 Å². The largest absolute Gasteiger partial charge is 0.497 e. The second kappa shape index (κ2) is 5.09. The third-order valence-electron chi connectivity index (χ3n) is 4.62. The minimum absolute atomic E-state index is 0.00324. The average molecular weight is 274 g/mol. The Hall–Kier alpha value is -1.55. The van der Waals surface area contributed by atoms with Crippen LogP contribution < -0.4 is 10.1 Å². The predicted octanol–water partition coefficient (Wildman–Crippen LogP) is 2.46. The summed E-state index contributed by atoms with van der Waals surface area (Å²) in [5, 5.41) is 3.61. The third-order valence-corrected chi connectivity index (χ3v) is 4.62. The van der Waals surface area contributed by atoms with E-state index in [0.29, 0.717) is 0 Å². The van der Waals surface area contributed by atoms with Crippen molar-refractivity contribution in [1.29, 1.82) is 0 Å². The molecule has 1 aromatic rings. The normalized spacial score (nSPS) is 24.6. The van der Waals surface area contributed by atoms with Crippen LogP contribution >= 0.6 is 0 Å². The molecular weight excluding hydrogens is 252 g/mol. The van der Waals surface area contributed by atoms with E-state index in [1.165, 1.54) is 0 Å². The molecule has 1 saturated carbocycles. The molecule has 0 radical (unpaired) electrons. The Labute approximate surface area is 120 Å². The number of likely N-dealkylation sites (N-methyl/N-ethyl adjacent to an activating group) is 1. The fourth-order valence-electron chi connectivity index (χ4n) is 3.51. The van der Waals surface area contributed by atoms with Crippen molar-refractivity contribution in [1.82, 2.24) is 10.2 Å².